The fourth-order valence-corrected chi connectivity index (χ4v) is 1.35. The molecule has 0 amide bonds. The number of methoxy groups -OCH3 is 1. The van der Waals surface area contributed by atoms with E-state index in [9.17, 15) is 0 Å². The van der Waals surface area contributed by atoms with E-state index >= 15 is 0 Å². The molecule has 2 N–H and O–H groups in total. The fourth-order valence-electron chi connectivity index (χ4n) is 1.35. The highest BCUT2D eigenvalue weighted by Gasteiger charge is 2.02. The summed E-state index contributed by atoms with van der Waals surface area (Å²) in [6, 6.07) is 9.15. The molecule has 0 saturated carbocycles. The molecule has 0 bridgehead atoms. The monoisotopic (exact) mass is 231 g/mol. The third-order valence-corrected chi connectivity index (χ3v) is 2.18. The van der Waals surface area contributed by atoms with Crippen molar-refractivity contribution in [3.63, 3.8) is 0 Å². The fraction of sp³-hybridized carbons (Fsp3) is 0.167. The Kier molecular flexibility index (Phi) is 3.52. The molecule has 88 valence electrons. The van der Waals surface area contributed by atoms with Gasteiger partial charge in [-0.25, -0.2) is 9.97 Å². The van der Waals surface area contributed by atoms with E-state index < -0.39 is 0 Å². The number of hydrogen-bond acceptors (Lipinski definition) is 5. The van der Waals surface area contributed by atoms with Crippen LogP contribution < -0.4 is 15.2 Å². The smallest absolute Gasteiger partial charge is 0.226 e. The number of aromatic nitrogens is 2. The average molecular weight is 231 g/mol. The van der Waals surface area contributed by atoms with Crippen molar-refractivity contribution in [2.75, 3.05) is 7.11 Å². The molecular formula is C12H13N3O2. The van der Waals surface area contributed by atoms with E-state index in [0.717, 1.165) is 5.56 Å². The Balaban J connectivity index is 2.18. The van der Waals surface area contributed by atoms with Crippen LogP contribution in [0, 0.1) is 0 Å². The maximum Gasteiger partial charge on any atom is 0.226 e. The molecule has 0 atom stereocenters. The molecule has 17 heavy (non-hydrogen) atoms. The van der Waals surface area contributed by atoms with Gasteiger partial charge < -0.3 is 15.2 Å². The van der Waals surface area contributed by atoms with Crippen molar-refractivity contribution in [3.05, 3.63) is 42.2 Å². The van der Waals surface area contributed by atoms with Gasteiger partial charge >= 0.3 is 0 Å². The predicted octanol–water partition coefficient (Wildman–Crippen LogP) is 1.74. The summed E-state index contributed by atoms with van der Waals surface area (Å²) in [5.41, 5.74) is 6.56. The summed E-state index contributed by atoms with van der Waals surface area (Å²) in [7, 11) is 1.54. The molecule has 0 fully saturated rings. The Morgan fingerprint density at radius 1 is 1.18 bits per heavy atom. The normalized spacial score (nSPS) is 10.0. The van der Waals surface area contributed by atoms with E-state index in [-0.39, 0.29) is 0 Å². The van der Waals surface area contributed by atoms with Crippen LogP contribution >= 0.6 is 0 Å². The summed E-state index contributed by atoms with van der Waals surface area (Å²) >= 11 is 0. The van der Waals surface area contributed by atoms with Gasteiger partial charge in [0.1, 0.15) is 12.1 Å². The summed E-state index contributed by atoms with van der Waals surface area (Å²) in [5, 5.41) is 0. The molecule has 5 nitrogen and oxygen atoms in total. The molecule has 0 aliphatic heterocycles. The van der Waals surface area contributed by atoms with Gasteiger partial charge in [0.15, 0.2) is 0 Å². The standard InChI is InChI=1S/C12H13N3O2/c1-16-11-6-12(15-8-14-11)17-10-4-2-3-9(5-10)7-13/h2-6,8H,7,13H2,1H3. The van der Waals surface area contributed by atoms with Gasteiger partial charge in [0.2, 0.25) is 11.8 Å². The quantitative estimate of drug-likeness (QED) is 0.867. The highest BCUT2D eigenvalue weighted by Crippen LogP contribution is 2.21. The number of benzene rings is 1. The van der Waals surface area contributed by atoms with Crippen molar-refractivity contribution >= 4 is 0 Å². The number of ether oxygens (including phenoxy) is 2. The van der Waals surface area contributed by atoms with Crippen LogP contribution in [-0.2, 0) is 6.54 Å². The van der Waals surface area contributed by atoms with Gasteiger partial charge in [-0.05, 0) is 17.7 Å². The number of rotatable bonds is 4. The lowest BCUT2D eigenvalue weighted by Crippen LogP contribution is -1.97. The minimum Gasteiger partial charge on any atom is -0.481 e. The maximum absolute atomic E-state index is 5.58. The topological polar surface area (TPSA) is 70.3 Å². The molecule has 0 saturated heterocycles. The van der Waals surface area contributed by atoms with Crippen molar-refractivity contribution < 1.29 is 9.47 Å². The van der Waals surface area contributed by atoms with E-state index in [0.29, 0.717) is 24.1 Å². The van der Waals surface area contributed by atoms with Gasteiger partial charge in [0.05, 0.1) is 13.2 Å². The number of nitrogens with zero attached hydrogens (tertiary/aromatic N) is 2. The van der Waals surface area contributed by atoms with Crippen LogP contribution in [0.2, 0.25) is 0 Å². The van der Waals surface area contributed by atoms with Crippen LogP contribution in [-0.4, -0.2) is 17.1 Å². The van der Waals surface area contributed by atoms with Crippen LogP contribution in [0.4, 0.5) is 0 Å². The van der Waals surface area contributed by atoms with Crippen LogP contribution in [0.5, 0.6) is 17.5 Å². The van der Waals surface area contributed by atoms with Gasteiger partial charge in [-0.2, -0.15) is 0 Å². The molecule has 2 aromatic rings. The first-order valence-electron chi connectivity index (χ1n) is 5.14. The Morgan fingerprint density at radius 2 is 2.00 bits per heavy atom. The van der Waals surface area contributed by atoms with Gasteiger partial charge in [-0.3, -0.25) is 0 Å². The zero-order valence-electron chi connectivity index (χ0n) is 9.46. The van der Waals surface area contributed by atoms with Crippen LogP contribution in [0.25, 0.3) is 0 Å². The third-order valence-electron chi connectivity index (χ3n) is 2.18. The zero-order valence-corrected chi connectivity index (χ0v) is 9.46. The van der Waals surface area contributed by atoms with Crippen molar-refractivity contribution in [2.24, 2.45) is 5.73 Å². The molecule has 0 unspecified atom stereocenters. The Bertz CT molecular complexity index is 457. The predicted molar refractivity (Wildman–Crippen MR) is 63.0 cm³/mol. The lowest BCUT2D eigenvalue weighted by atomic mass is 10.2. The van der Waals surface area contributed by atoms with E-state index in [2.05, 4.69) is 9.97 Å². The SMILES string of the molecule is COc1cc(Oc2cccc(CN)c2)ncn1. The molecule has 1 heterocycles. The maximum atomic E-state index is 5.58. The summed E-state index contributed by atoms with van der Waals surface area (Å²) in [5.74, 6) is 1.59. The Hall–Kier alpha value is -2.14. The van der Waals surface area contributed by atoms with Gasteiger partial charge in [0.25, 0.3) is 0 Å². The molecule has 1 aromatic carbocycles. The summed E-state index contributed by atoms with van der Waals surface area (Å²) in [4.78, 5) is 7.89. The van der Waals surface area contributed by atoms with E-state index in [4.69, 9.17) is 15.2 Å². The van der Waals surface area contributed by atoms with E-state index in [1.807, 2.05) is 24.3 Å². The highest BCUT2D eigenvalue weighted by atomic mass is 16.5. The van der Waals surface area contributed by atoms with Crippen molar-refractivity contribution in [1.29, 1.82) is 0 Å². The van der Waals surface area contributed by atoms with E-state index in [1.54, 1.807) is 13.2 Å². The molecule has 1 aromatic heterocycles. The third kappa shape index (κ3) is 2.92. The van der Waals surface area contributed by atoms with Crippen molar-refractivity contribution in [3.8, 4) is 17.5 Å². The summed E-state index contributed by atoms with van der Waals surface area (Å²) in [6.07, 6.45) is 1.39. The van der Waals surface area contributed by atoms with E-state index in [1.165, 1.54) is 6.33 Å². The van der Waals surface area contributed by atoms with Crippen molar-refractivity contribution in [1.82, 2.24) is 9.97 Å². The molecular weight excluding hydrogens is 218 g/mol. The second kappa shape index (κ2) is 5.27. The minimum absolute atomic E-state index is 0.436. The lowest BCUT2D eigenvalue weighted by Gasteiger charge is -2.06. The first-order valence-corrected chi connectivity index (χ1v) is 5.14. The highest BCUT2D eigenvalue weighted by molar-refractivity contribution is 5.32. The molecule has 2 rings (SSSR count). The first kappa shape index (κ1) is 11.3. The van der Waals surface area contributed by atoms with Gasteiger partial charge in [-0.1, -0.05) is 12.1 Å². The van der Waals surface area contributed by atoms with Gasteiger partial charge in [-0.15, -0.1) is 0 Å². The second-order valence-corrected chi connectivity index (χ2v) is 3.35. The zero-order chi connectivity index (χ0) is 12.1. The molecule has 5 heteroatoms. The van der Waals surface area contributed by atoms with Crippen LogP contribution in [0.3, 0.4) is 0 Å². The first-order chi connectivity index (χ1) is 8.31. The van der Waals surface area contributed by atoms with Gasteiger partial charge in [0, 0.05) is 6.54 Å². The summed E-state index contributed by atoms with van der Waals surface area (Å²) in [6.45, 7) is 0.476. The minimum atomic E-state index is 0.436. The number of nitrogens with two attached hydrogens (primary N) is 1. The van der Waals surface area contributed by atoms with Crippen LogP contribution in [0.1, 0.15) is 5.56 Å². The molecule has 0 spiro atoms. The number of hydrogen-bond donors (Lipinski definition) is 1. The van der Waals surface area contributed by atoms with Crippen molar-refractivity contribution in [2.45, 2.75) is 6.54 Å². The molecule has 0 aliphatic rings. The summed E-state index contributed by atoms with van der Waals surface area (Å²) < 4.78 is 10.6. The molecule has 0 radical (unpaired) electrons. The second-order valence-electron chi connectivity index (χ2n) is 3.35. The largest absolute Gasteiger partial charge is 0.481 e. The molecule has 0 aliphatic carbocycles. The Morgan fingerprint density at radius 3 is 2.76 bits per heavy atom. The lowest BCUT2D eigenvalue weighted by molar-refractivity contribution is 0.388. The Labute approximate surface area is 99.2 Å². The average Bonchev–Trinajstić information content (AvgIpc) is 2.39. The van der Waals surface area contributed by atoms with Crippen LogP contribution in [0.15, 0.2) is 36.7 Å².